The van der Waals surface area contributed by atoms with E-state index in [1.165, 1.54) is 51.4 Å². The van der Waals surface area contributed by atoms with Gasteiger partial charge in [-0.05, 0) is 75.6 Å². The Morgan fingerprint density at radius 3 is 2.28 bits per heavy atom. The number of ether oxygens (including phenoxy) is 1. The number of piperidine rings is 1. The van der Waals surface area contributed by atoms with Gasteiger partial charge in [-0.2, -0.15) is 5.10 Å². The molecule has 0 amide bonds. The minimum Gasteiger partial charge on any atom is -0.457 e. The quantitative estimate of drug-likeness (QED) is 0.0997. The molecule has 1 fully saturated rings. The molecule has 234 valence electrons. The molecule has 0 spiro atoms. The van der Waals surface area contributed by atoms with E-state index >= 15 is 0 Å². The van der Waals surface area contributed by atoms with Gasteiger partial charge in [-0.15, -0.1) is 0 Å². The van der Waals surface area contributed by atoms with Gasteiger partial charge in [0.25, 0.3) is 0 Å². The van der Waals surface area contributed by atoms with Crippen LogP contribution in [-0.4, -0.2) is 56.0 Å². The number of nitrogens with two attached hydrogens (primary N) is 1. The largest absolute Gasteiger partial charge is 0.457 e. The zero-order valence-corrected chi connectivity index (χ0v) is 26.5. The number of hydrogen-bond donors (Lipinski definition) is 2. The fourth-order valence-corrected chi connectivity index (χ4v) is 5.50. The monoisotopic (exact) mass is 588 g/mol. The number of aromatic nitrogens is 4. The van der Waals surface area contributed by atoms with Crippen molar-refractivity contribution in [1.82, 2.24) is 24.6 Å². The average molecular weight is 589 g/mol. The molecule has 3 N–H and O–H groups in total. The summed E-state index contributed by atoms with van der Waals surface area (Å²) in [5.74, 6) is 1.85. The van der Waals surface area contributed by atoms with Crippen molar-refractivity contribution in [2.75, 3.05) is 32.0 Å². The predicted octanol–water partition coefficient (Wildman–Crippen LogP) is 7.88. The zero-order valence-electron chi connectivity index (χ0n) is 26.5. The minimum atomic E-state index is 0.283. The maximum Gasteiger partial charge on any atom is 0.164 e. The number of anilines is 1. The SMILES string of the molecule is C=C/C(=C\C=C/C)Oc1ccc(-c2nn(C3CCN(CCCCCCCCCCO)CC3)c3ncnc(N)c23)cc1.CC. The second-order valence-corrected chi connectivity index (χ2v) is 10.8. The number of unbranched alkanes of at least 4 members (excludes halogenated alkanes) is 7. The first-order valence-corrected chi connectivity index (χ1v) is 16.2. The molecule has 3 aromatic rings. The van der Waals surface area contributed by atoms with E-state index in [-0.39, 0.29) is 6.04 Å². The Hall–Kier alpha value is -3.49. The molecule has 1 aliphatic heterocycles. The van der Waals surface area contributed by atoms with E-state index in [0.29, 0.717) is 18.2 Å². The third-order valence-corrected chi connectivity index (χ3v) is 7.82. The van der Waals surface area contributed by atoms with E-state index in [0.717, 1.165) is 66.8 Å². The van der Waals surface area contributed by atoms with Crippen LogP contribution in [0.15, 0.2) is 67.2 Å². The number of likely N-dealkylation sites (tertiary alicyclic amines) is 1. The number of benzene rings is 1. The normalized spacial score (nSPS) is 14.7. The molecule has 43 heavy (non-hydrogen) atoms. The molecule has 0 bridgehead atoms. The van der Waals surface area contributed by atoms with Crippen LogP contribution in [0.1, 0.15) is 91.0 Å². The number of fused-ring (bicyclic) bond motifs is 1. The van der Waals surface area contributed by atoms with Gasteiger partial charge in [-0.25, -0.2) is 14.6 Å². The zero-order chi connectivity index (χ0) is 30.9. The molecule has 2 aromatic heterocycles. The van der Waals surface area contributed by atoms with Crippen LogP contribution in [0.2, 0.25) is 0 Å². The van der Waals surface area contributed by atoms with Crippen molar-refractivity contribution >= 4 is 16.9 Å². The summed E-state index contributed by atoms with van der Waals surface area (Å²) in [6, 6.07) is 8.15. The van der Waals surface area contributed by atoms with Crippen molar-refractivity contribution in [3.05, 3.63) is 67.2 Å². The van der Waals surface area contributed by atoms with Gasteiger partial charge in [0.1, 0.15) is 29.3 Å². The molecule has 1 aromatic carbocycles. The van der Waals surface area contributed by atoms with E-state index in [1.807, 2.05) is 63.3 Å². The Morgan fingerprint density at radius 2 is 1.65 bits per heavy atom. The van der Waals surface area contributed by atoms with E-state index in [4.69, 9.17) is 20.7 Å². The molecule has 4 rings (SSSR count). The first-order valence-electron chi connectivity index (χ1n) is 16.2. The Bertz CT molecular complexity index is 1290. The maximum atomic E-state index is 8.88. The van der Waals surface area contributed by atoms with Crippen molar-refractivity contribution in [2.45, 2.75) is 91.0 Å². The highest BCUT2D eigenvalue weighted by molar-refractivity contribution is 5.98. The average Bonchev–Trinajstić information content (AvgIpc) is 3.45. The summed E-state index contributed by atoms with van der Waals surface area (Å²) >= 11 is 0. The summed E-state index contributed by atoms with van der Waals surface area (Å²) in [6.07, 6.45) is 20.9. The summed E-state index contributed by atoms with van der Waals surface area (Å²) in [5, 5.41) is 14.7. The Morgan fingerprint density at radius 1 is 1.00 bits per heavy atom. The van der Waals surface area contributed by atoms with Gasteiger partial charge < -0.3 is 20.5 Å². The first kappa shape index (κ1) is 34.0. The van der Waals surface area contributed by atoms with Crippen molar-refractivity contribution < 1.29 is 9.84 Å². The highest BCUT2D eigenvalue weighted by atomic mass is 16.5. The molecule has 3 heterocycles. The second kappa shape index (κ2) is 18.9. The Kier molecular flexibility index (Phi) is 15.0. The van der Waals surface area contributed by atoms with Crippen LogP contribution in [0.5, 0.6) is 5.75 Å². The van der Waals surface area contributed by atoms with Gasteiger partial charge in [0, 0.05) is 25.3 Å². The number of aliphatic hydroxyl groups excluding tert-OH is 1. The highest BCUT2D eigenvalue weighted by Gasteiger charge is 2.26. The van der Waals surface area contributed by atoms with Gasteiger partial charge in [0.2, 0.25) is 0 Å². The second-order valence-electron chi connectivity index (χ2n) is 10.8. The van der Waals surface area contributed by atoms with E-state index in [9.17, 15) is 0 Å². The van der Waals surface area contributed by atoms with Crippen LogP contribution < -0.4 is 10.5 Å². The number of nitrogens with zero attached hydrogens (tertiary/aromatic N) is 5. The Labute approximate surface area is 258 Å². The number of hydrogen-bond acceptors (Lipinski definition) is 7. The molecule has 0 aliphatic carbocycles. The molecule has 0 radical (unpaired) electrons. The van der Waals surface area contributed by atoms with Crippen LogP contribution in [0, 0.1) is 0 Å². The number of rotatable bonds is 16. The first-order chi connectivity index (χ1) is 21.1. The fourth-order valence-electron chi connectivity index (χ4n) is 5.50. The lowest BCUT2D eigenvalue weighted by molar-refractivity contribution is 0.179. The summed E-state index contributed by atoms with van der Waals surface area (Å²) in [7, 11) is 0. The van der Waals surface area contributed by atoms with Crippen molar-refractivity contribution in [1.29, 1.82) is 0 Å². The van der Waals surface area contributed by atoms with Crippen LogP contribution >= 0.6 is 0 Å². The summed E-state index contributed by atoms with van der Waals surface area (Å²) < 4.78 is 8.03. The van der Waals surface area contributed by atoms with E-state index < -0.39 is 0 Å². The van der Waals surface area contributed by atoms with Gasteiger partial charge in [-0.1, -0.05) is 71.1 Å². The molecule has 8 nitrogen and oxygen atoms in total. The molecule has 0 unspecified atom stereocenters. The third kappa shape index (κ3) is 10.0. The van der Waals surface area contributed by atoms with Gasteiger partial charge in [0.15, 0.2) is 5.65 Å². The maximum absolute atomic E-state index is 8.88. The predicted molar refractivity (Wildman–Crippen MR) is 179 cm³/mol. The molecule has 1 saturated heterocycles. The molecule has 1 aliphatic rings. The van der Waals surface area contributed by atoms with Crippen LogP contribution in [0.4, 0.5) is 5.82 Å². The molecule has 0 saturated carbocycles. The lowest BCUT2D eigenvalue weighted by atomic mass is 10.0. The van der Waals surface area contributed by atoms with Gasteiger partial charge in [0.05, 0.1) is 11.4 Å². The van der Waals surface area contributed by atoms with Gasteiger partial charge in [-0.3, -0.25) is 0 Å². The summed E-state index contributed by atoms with van der Waals surface area (Å²) in [4.78, 5) is 11.5. The van der Waals surface area contributed by atoms with Gasteiger partial charge >= 0.3 is 0 Å². The smallest absolute Gasteiger partial charge is 0.164 e. The fraction of sp³-hybridized carbons (Fsp3) is 0.514. The van der Waals surface area contributed by atoms with Crippen LogP contribution in [-0.2, 0) is 0 Å². The van der Waals surface area contributed by atoms with Crippen molar-refractivity contribution in [3.63, 3.8) is 0 Å². The highest BCUT2D eigenvalue weighted by Crippen LogP contribution is 2.35. The Balaban J connectivity index is 0.00000248. The molecular weight excluding hydrogens is 536 g/mol. The number of nitrogen functional groups attached to an aromatic ring is 1. The van der Waals surface area contributed by atoms with E-state index in [1.54, 1.807) is 6.08 Å². The molecule has 0 atom stereocenters. The van der Waals surface area contributed by atoms with Crippen molar-refractivity contribution in [3.8, 4) is 17.0 Å². The standard InChI is InChI=1S/C33H46N6O2.C2H6/c1-3-5-14-28(4-2)41-29-17-15-26(16-18-29)31-30-32(34)35-25-36-33(30)39(37-31)27-19-22-38(23-20-27)21-12-10-8-6-7-9-11-13-24-40;1-2/h3-5,14-18,25,27,40H,2,6-13,19-24H2,1H3,(H2,34,35,36);1-2H3/b5-3-,28-14+;. The number of aliphatic hydroxyl groups is 1. The lowest BCUT2D eigenvalue weighted by Crippen LogP contribution is -2.35. The van der Waals surface area contributed by atoms with Crippen LogP contribution in [0.3, 0.4) is 0 Å². The third-order valence-electron chi connectivity index (χ3n) is 7.82. The lowest BCUT2D eigenvalue weighted by Gasteiger charge is -2.32. The summed E-state index contributed by atoms with van der Waals surface area (Å²) in [5.41, 5.74) is 8.92. The minimum absolute atomic E-state index is 0.283. The topological polar surface area (TPSA) is 102 Å². The van der Waals surface area contributed by atoms with Crippen molar-refractivity contribution in [2.24, 2.45) is 0 Å². The molecule has 8 heteroatoms. The number of allylic oxidation sites excluding steroid dienone is 4. The van der Waals surface area contributed by atoms with Crippen LogP contribution in [0.25, 0.3) is 22.3 Å². The summed E-state index contributed by atoms with van der Waals surface area (Å²) in [6.45, 7) is 13.4. The molecular formula is C35H52N6O2. The van der Waals surface area contributed by atoms with E-state index in [2.05, 4.69) is 26.1 Å².